The zero-order chi connectivity index (χ0) is 14.4. The zero-order valence-corrected chi connectivity index (χ0v) is 12.1. The van der Waals surface area contributed by atoms with E-state index in [0.29, 0.717) is 12.5 Å². The van der Waals surface area contributed by atoms with Crippen LogP contribution in [0.4, 0.5) is 11.8 Å². The molecule has 0 bridgehead atoms. The van der Waals surface area contributed by atoms with Crippen molar-refractivity contribution in [2.45, 2.75) is 33.7 Å². The average molecular weight is 272 g/mol. The number of nitrogens with one attached hydrogen (secondary N) is 2. The lowest BCUT2D eigenvalue weighted by Gasteiger charge is -2.10. The van der Waals surface area contributed by atoms with Crippen LogP contribution in [0.3, 0.4) is 0 Å². The van der Waals surface area contributed by atoms with E-state index in [1.54, 1.807) is 6.20 Å². The van der Waals surface area contributed by atoms with Crippen LogP contribution in [0.25, 0.3) is 0 Å². The molecule has 106 valence electrons. The van der Waals surface area contributed by atoms with Crippen molar-refractivity contribution >= 4 is 11.8 Å². The predicted molar refractivity (Wildman–Crippen MR) is 79.6 cm³/mol. The molecule has 0 aliphatic rings. The number of aromatic nitrogens is 4. The summed E-state index contributed by atoms with van der Waals surface area (Å²) in [5, 5.41) is 6.47. The van der Waals surface area contributed by atoms with E-state index in [0.717, 1.165) is 35.9 Å². The summed E-state index contributed by atoms with van der Waals surface area (Å²) in [5.41, 5.74) is 1.96. The van der Waals surface area contributed by atoms with Gasteiger partial charge in [-0.1, -0.05) is 6.92 Å². The summed E-state index contributed by atoms with van der Waals surface area (Å²) >= 11 is 0. The van der Waals surface area contributed by atoms with E-state index in [4.69, 9.17) is 0 Å². The highest BCUT2D eigenvalue weighted by Gasteiger charge is 2.04. The maximum atomic E-state index is 4.47. The molecule has 2 rings (SSSR count). The molecule has 6 nitrogen and oxygen atoms in total. The third-order valence-corrected chi connectivity index (χ3v) is 2.78. The minimum atomic E-state index is 0.619. The third-order valence-electron chi connectivity index (χ3n) is 2.78. The van der Waals surface area contributed by atoms with Gasteiger partial charge in [0.2, 0.25) is 5.95 Å². The van der Waals surface area contributed by atoms with Crippen LogP contribution in [0.15, 0.2) is 18.5 Å². The lowest BCUT2D eigenvalue weighted by molar-refractivity contribution is 0.932. The topological polar surface area (TPSA) is 75.6 Å². The molecule has 0 aliphatic heterocycles. The lowest BCUT2D eigenvalue weighted by Crippen LogP contribution is -2.09. The molecule has 0 aromatic carbocycles. The van der Waals surface area contributed by atoms with Crippen molar-refractivity contribution in [2.75, 3.05) is 17.2 Å². The highest BCUT2D eigenvalue weighted by molar-refractivity contribution is 5.46. The standard InChI is InChI=1S/C14H20N6/c1-4-6-16-14-18-8-10(2)13(20-14)17-9-12-5-7-15-11(3)19-12/h5,7-8H,4,6,9H2,1-3H3,(H2,16,17,18,20). The van der Waals surface area contributed by atoms with Crippen molar-refractivity contribution in [1.82, 2.24) is 19.9 Å². The van der Waals surface area contributed by atoms with E-state index >= 15 is 0 Å². The van der Waals surface area contributed by atoms with Gasteiger partial charge in [-0.15, -0.1) is 0 Å². The molecular formula is C14H20N6. The summed E-state index contributed by atoms with van der Waals surface area (Å²) < 4.78 is 0. The summed E-state index contributed by atoms with van der Waals surface area (Å²) in [6, 6.07) is 1.90. The van der Waals surface area contributed by atoms with E-state index in [9.17, 15) is 0 Å². The smallest absolute Gasteiger partial charge is 0.224 e. The molecule has 2 aromatic heterocycles. The van der Waals surface area contributed by atoms with Gasteiger partial charge in [0, 0.05) is 24.5 Å². The molecule has 0 amide bonds. The Morgan fingerprint density at radius 3 is 2.70 bits per heavy atom. The Balaban J connectivity index is 2.04. The van der Waals surface area contributed by atoms with Gasteiger partial charge in [0.1, 0.15) is 11.6 Å². The monoisotopic (exact) mass is 272 g/mol. The second-order valence-electron chi connectivity index (χ2n) is 4.60. The Labute approximate surface area is 119 Å². The quantitative estimate of drug-likeness (QED) is 0.840. The third kappa shape index (κ3) is 3.88. The second-order valence-corrected chi connectivity index (χ2v) is 4.60. The Bertz CT molecular complexity index is 569. The largest absolute Gasteiger partial charge is 0.364 e. The van der Waals surface area contributed by atoms with Crippen LogP contribution in [0, 0.1) is 13.8 Å². The van der Waals surface area contributed by atoms with E-state index in [2.05, 4.69) is 37.5 Å². The number of hydrogen-bond acceptors (Lipinski definition) is 6. The minimum Gasteiger partial charge on any atom is -0.364 e. The van der Waals surface area contributed by atoms with E-state index in [1.165, 1.54) is 0 Å². The number of rotatable bonds is 6. The highest BCUT2D eigenvalue weighted by atomic mass is 15.1. The molecule has 20 heavy (non-hydrogen) atoms. The summed E-state index contributed by atoms with van der Waals surface area (Å²) in [6.45, 7) is 7.46. The zero-order valence-electron chi connectivity index (χ0n) is 12.1. The lowest BCUT2D eigenvalue weighted by atomic mass is 10.3. The minimum absolute atomic E-state index is 0.619. The van der Waals surface area contributed by atoms with Crippen molar-refractivity contribution in [3.63, 3.8) is 0 Å². The molecule has 0 aliphatic carbocycles. The number of anilines is 2. The fourth-order valence-corrected chi connectivity index (χ4v) is 1.72. The first-order valence-corrected chi connectivity index (χ1v) is 6.79. The van der Waals surface area contributed by atoms with Gasteiger partial charge in [0.25, 0.3) is 0 Å². The van der Waals surface area contributed by atoms with Crippen LogP contribution in [0.2, 0.25) is 0 Å². The van der Waals surface area contributed by atoms with Gasteiger partial charge >= 0.3 is 0 Å². The molecule has 0 unspecified atom stereocenters. The first-order valence-electron chi connectivity index (χ1n) is 6.79. The fraction of sp³-hybridized carbons (Fsp3) is 0.429. The van der Waals surface area contributed by atoms with E-state index < -0.39 is 0 Å². The highest BCUT2D eigenvalue weighted by Crippen LogP contribution is 2.13. The summed E-state index contributed by atoms with van der Waals surface area (Å²) in [4.78, 5) is 17.2. The summed E-state index contributed by atoms with van der Waals surface area (Å²) in [7, 11) is 0. The Morgan fingerprint density at radius 2 is 1.95 bits per heavy atom. The Hall–Kier alpha value is -2.24. The molecule has 6 heteroatoms. The predicted octanol–water partition coefficient (Wildman–Crippen LogP) is 2.32. The van der Waals surface area contributed by atoms with Gasteiger partial charge in [-0.05, 0) is 26.3 Å². The van der Waals surface area contributed by atoms with E-state index in [1.807, 2.05) is 26.1 Å². The molecule has 0 spiro atoms. The maximum absolute atomic E-state index is 4.47. The van der Waals surface area contributed by atoms with Crippen LogP contribution in [-0.2, 0) is 6.54 Å². The normalized spacial score (nSPS) is 10.3. The Morgan fingerprint density at radius 1 is 1.10 bits per heavy atom. The molecule has 2 aromatic rings. The molecular weight excluding hydrogens is 252 g/mol. The summed E-state index contributed by atoms with van der Waals surface area (Å²) in [6.07, 6.45) is 4.62. The van der Waals surface area contributed by atoms with Gasteiger partial charge in [-0.25, -0.2) is 15.0 Å². The second kappa shape index (κ2) is 6.79. The van der Waals surface area contributed by atoms with Gasteiger partial charge in [-0.3, -0.25) is 0 Å². The molecule has 0 atom stereocenters. The van der Waals surface area contributed by atoms with Gasteiger partial charge in [0.05, 0.1) is 12.2 Å². The Kier molecular flexibility index (Phi) is 4.81. The molecule has 0 radical (unpaired) electrons. The summed E-state index contributed by atoms with van der Waals surface area (Å²) in [5.74, 6) is 2.25. The van der Waals surface area contributed by atoms with Crippen LogP contribution < -0.4 is 10.6 Å². The number of nitrogens with zero attached hydrogens (tertiary/aromatic N) is 4. The van der Waals surface area contributed by atoms with Crippen LogP contribution in [0.1, 0.15) is 30.4 Å². The number of hydrogen-bond donors (Lipinski definition) is 2. The van der Waals surface area contributed by atoms with Crippen molar-refractivity contribution in [3.8, 4) is 0 Å². The molecule has 2 N–H and O–H groups in total. The van der Waals surface area contributed by atoms with Crippen molar-refractivity contribution < 1.29 is 0 Å². The maximum Gasteiger partial charge on any atom is 0.224 e. The van der Waals surface area contributed by atoms with Gasteiger partial charge < -0.3 is 10.6 Å². The van der Waals surface area contributed by atoms with Crippen molar-refractivity contribution in [2.24, 2.45) is 0 Å². The molecule has 0 saturated carbocycles. The van der Waals surface area contributed by atoms with Gasteiger partial charge in [0.15, 0.2) is 0 Å². The van der Waals surface area contributed by atoms with Crippen LogP contribution in [0.5, 0.6) is 0 Å². The first kappa shape index (κ1) is 14.2. The fourth-order valence-electron chi connectivity index (χ4n) is 1.72. The van der Waals surface area contributed by atoms with Crippen LogP contribution >= 0.6 is 0 Å². The van der Waals surface area contributed by atoms with Crippen LogP contribution in [-0.4, -0.2) is 26.5 Å². The van der Waals surface area contributed by atoms with Gasteiger partial charge in [-0.2, -0.15) is 4.98 Å². The van der Waals surface area contributed by atoms with Crippen molar-refractivity contribution in [1.29, 1.82) is 0 Å². The first-order chi connectivity index (χ1) is 9.69. The SMILES string of the molecule is CCCNc1ncc(C)c(NCc2ccnc(C)n2)n1. The average Bonchev–Trinajstić information content (AvgIpc) is 2.45. The van der Waals surface area contributed by atoms with Crippen molar-refractivity contribution in [3.05, 3.63) is 35.5 Å². The molecule has 2 heterocycles. The number of aryl methyl sites for hydroxylation is 2. The molecule has 0 saturated heterocycles. The van der Waals surface area contributed by atoms with E-state index in [-0.39, 0.29) is 0 Å². The molecule has 0 fully saturated rings.